The predicted molar refractivity (Wildman–Crippen MR) is 79.9 cm³/mol. The molecular weight excluding hydrogens is 222 g/mol. The van der Waals surface area contributed by atoms with E-state index in [0.29, 0.717) is 5.41 Å². The number of hydrogen-bond donors (Lipinski definition) is 1. The molecule has 0 radical (unpaired) electrons. The lowest BCUT2D eigenvalue weighted by molar-refractivity contribution is 0.247. The van der Waals surface area contributed by atoms with Gasteiger partial charge in [0, 0.05) is 13.1 Å². The van der Waals surface area contributed by atoms with E-state index < -0.39 is 0 Å². The smallest absolute Gasteiger partial charge is 0.0109 e. The maximum atomic E-state index is 5.75. The Bertz CT molecular complexity index is 210. The largest absolute Gasteiger partial charge is 0.330 e. The Morgan fingerprint density at radius 3 is 2.39 bits per heavy atom. The summed E-state index contributed by atoms with van der Waals surface area (Å²) < 4.78 is 0. The molecule has 2 N–H and O–H groups in total. The van der Waals surface area contributed by atoms with Crippen molar-refractivity contribution in [3.05, 3.63) is 0 Å². The normalized spacial score (nSPS) is 17.8. The first-order valence-corrected chi connectivity index (χ1v) is 7.64. The van der Waals surface area contributed by atoms with Crippen LogP contribution in [0.4, 0.5) is 0 Å². The van der Waals surface area contributed by atoms with Crippen LogP contribution in [0.2, 0.25) is 0 Å². The molecule has 3 nitrogen and oxygen atoms in total. The zero-order valence-corrected chi connectivity index (χ0v) is 12.7. The molecule has 0 spiro atoms. The summed E-state index contributed by atoms with van der Waals surface area (Å²) >= 11 is 0. The SMILES string of the molecule is CN(CCCCC(C)(C)CN)CCN1CCCC1. The molecular formula is C15H33N3. The number of nitrogens with zero attached hydrogens (tertiary/aromatic N) is 2. The quantitative estimate of drug-likeness (QED) is 0.641. The average Bonchev–Trinajstić information content (AvgIpc) is 2.85. The molecule has 0 aliphatic carbocycles. The third-order valence-electron chi connectivity index (χ3n) is 4.19. The van der Waals surface area contributed by atoms with Crippen LogP contribution >= 0.6 is 0 Å². The van der Waals surface area contributed by atoms with Crippen molar-refractivity contribution in [3.8, 4) is 0 Å². The lowest BCUT2D eigenvalue weighted by Crippen LogP contribution is -2.32. The predicted octanol–water partition coefficient (Wildman–Crippen LogP) is 2.17. The standard InChI is InChI=1S/C15H33N3/c1-15(2,14-16)8-4-5-9-17(3)12-13-18-10-6-7-11-18/h4-14,16H2,1-3H3. The number of hydrogen-bond acceptors (Lipinski definition) is 3. The highest BCUT2D eigenvalue weighted by Gasteiger charge is 2.15. The molecule has 0 aromatic heterocycles. The van der Waals surface area contributed by atoms with Crippen molar-refractivity contribution in [3.63, 3.8) is 0 Å². The lowest BCUT2D eigenvalue weighted by Gasteiger charge is -2.24. The summed E-state index contributed by atoms with van der Waals surface area (Å²) in [6, 6.07) is 0. The van der Waals surface area contributed by atoms with Gasteiger partial charge in [0.15, 0.2) is 0 Å². The maximum absolute atomic E-state index is 5.75. The van der Waals surface area contributed by atoms with Crippen LogP contribution in [-0.2, 0) is 0 Å². The van der Waals surface area contributed by atoms with E-state index in [1.165, 1.54) is 64.8 Å². The lowest BCUT2D eigenvalue weighted by atomic mass is 9.87. The molecule has 1 aliphatic heterocycles. The Morgan fingerprint density at radius 2 is 1.78 bits per heavy atom. The van der Waals surface area contributed by atoms with Crippen molar-refractivity contribution in [2.45, 2.75) is 46.0 Å². The van der Waals surface area contributed by atoms with Crippen LogP contribution in [0.1, 0.15) is 46.0 Å². The molecule has 1 heterocycles. The van der Waals surface area contributed by atoms with Crippen LogP contribution in [0.3, 0.4) is 0 Å². The molecule has 0 saturated carbocycles. The van der Waals surface area contributed by atoms with Gasteiger partial charge in [-0.25, -0.2) is 0 Å². The molecule has 0 aromatic carbocycles. The van der Waals surface area contributed by atoms with E-state index in [-0.39, 0.29) is 0 Å². The molecule has 18 heavy (non-hydrogen) atoms. The van der Waals surface area contributed by atoms with Crippen LogP contribution in [0, 0.1) is 5.41 Å². The Kier molecular flexibility index (Phi) is 7.20. The van der Waals surface area contributed by atoms with Gasteiger partial charge in [-0.15, -0.1) is 0 Å². The molecule has 0 bridgehead atoms. The average molecular weight is 255 g/mol. The summed E-state index contributed by atoms with van der Waals surface area (Å²) in [7, 11) is 2.25. The van der Waals surface area contributed by atoms with Crippen LogP contribution in [0.5, 0.6) is 0 Å². The minimum atomic E-state index is 0.328. The zero-order valence-electron chi connectivity index (χ0n) is 12.7. The Balaban J connectivity index is 1.97. The number of unbranched alkanes of at least 4 members (excludes halogenated alkanes) is 1. The van der Waals surface area contributed by atoms with Gasteiger partial charge in [-0.2, -0.15) is 0 Å². The molecule has 1 rings (SSSR count). The maximum Gasteiger partial charge on any atom is 0.0109 e. The minimum Gasteiger partial charge on any atom is -0.330 e. The number of nitrogens with two attached hydrogens (primary N) is 1. The van der Waals surface area contributed by atoms with E-state index in [1.54, 1.807) is 0 Å². The second kappa shape index (κ2) is 8.13. The summed E-state index contributed by atoms with van der Waals surface area (Å²) in [4.78, 5) is 5.07. The Hall–Kier alpha value is -0.120. The molecule has 1 aliphatic rings. The molecule has 1 saturated heterocycles. The van der Waals surface area contributed by atoms with Crippen molar-refractivity contribution >= 4 is 0 Å². The molecule has 0 atom stereocenters. The van der Waals surface area contributed by atoms with E-state index in [9.17, 15) is 0 Å². The van der Waals surface area contributed by atoms with Crippen molar-refractivity contribution in [2.24, 2.45) is 11.1 Å². The number of likely N-dealkylation sites (N-methyl/N-ethyl adjacent to an activating group) is 1. The third-order valence-corrected chi connectivity index (χ3v) is 4.19. The highest BCUT2D eigenvalue weighted by Crippen LogP contribution is 2.21. The molecule has 3 heteroatoms. The fourth-order valence-electron chi connectivity index (χ4n) is 2.52. The van der Waals surface area contributed by atoms with Gasteiger partial charge in [0.2, 0.25) is 0 Å². The van der Waals surface area contributed by atoms with Crippen molar-refractivity contribution in [2.75, 3.05) is 46.3 Å². The minimum absolute atomic E-state index is 0.328. The summed E-state index contributed by atoms with van der Waals surface area (Å²) in [6.45, 7) is 11.7. The fraction of sp³-hybridized carbons (Fsp3) is 1.00. The third kappa shape index (κ3) is 6.72. The fourth-order valence-corrected chi connectivity index (χ4v) is 2.52. The van der Waals surface area contributed by atoms with Gasteiger partial charge in [-0.3, -0.25) is 0 Å². The Labute approximate surface area is 114 Å². The van der Waals surface area contributed by atoms with Crippen LogP contribution in [0.25, 0.3) is 0 Å². The van der Waals surface area contributed by atoms with Gasteiger partial charge in [-0.05, 0) is 64.3 Å². The summed E-state index contributed by atoms with van der Waals surface area (Å²) in [5.41, 5.74) is 6.08. The van der Waals surface area contributed by atoms with Gasteiger partial charge >= 0.3 is 0 Å². The van der Waals surface area contributed by atoms with E-state index in [1.807, 2.05) is 0 Å². The first-order chi connectivity index (χ1) is 8.53. The van der Waals surface area contributed by atoms with E-state index in [2.05, 4.69) is 30.7 Å². The molecule has 0 unspecified atom stereocenters. The molecule has 1 fully saturated rings. The summed E-state index contributed by atoms with van der Waals surface area (Å²) in [6.07, 6.45) is 6.66. The molecule has 0 aromatic rings. The number of rotatable bonds is 9. The van der Waals surface area contributed by atoms with Crippen molar-refractivity contribution in [1.29, 1.82) is 0 Å². The van der Waals surface area contributed by atoms with Crippen LogP contribution in [-0.4, -0.2) is 56.1 Å². The number of likely N-dealkylation sites (tertiary alicyclic amines) is 1. The molecule has 108 valence electrons. The monoisotopic (exact) mass is 255 g/mol. The zero-order chi connectivity index (χ0) is 13.4. The molecule has 0 amide bonds. The first-order valence-electron chi connectivity index (χ1n) is 7.64. The topological polar surface area (TPSA) is 32.5 Å². The highest BCUT2D eigenvalue weighted by molar-refractivity contribution is 4.70. The van der Waals surface area contributed by atoms with E-state index >= 15 is 0 Å². The van der Waals surface area contributed by atoms with Gasteiger partial charge in [0.1, 0.15) is 0 Å². The second-order valence-corrected chi connectivity index (χ2v) is 6.68. The van der Waals surface area contributed by atoms with Gasteiger partial charge in [0.25, 0.3) is 0 Å². The van der Waals surface area contributed by atoms with Gasteiger partial charge in [-0.1, -0.05) is 20.3 Å². The van der Waals surface area contributed by atoms with Gasteiger partial charge < -0.3 is 15.5 Å². The summed E-state index contributed by atoms with van der Waals surface area (Å²) in [5, 5.41) is 0. The second-order valence-electron chi connectivity index (χ2n) is 6.68. The summed E-state index contributed by atoms with van der Waals surface area (Å²) in [5.74, 6) is 0. The van der Waals surface area contributed by atoms with Crippen LogP contribution in [0.15, 0.2) is 0 Å². The first kappa shape index (κ1) is 15.9. The van der Waals surface area contributed by atoms with Crippen LogP contribution < -0.4 is 5.73 Å². The van der Waals surface area contributed by atoms with Crippen molar-refractivity contribution < 1.29 is 0 Å². The van der Waals surface area contributed by atoms with Gasteiger partial charge in [0.05, 0.1) is 0 Å². The van der Waals surface area contributed by atoms with E-state index in [0.717, 1.165) is 6.54 Å². The highest BCUT2D eigenvalue weighted by atomic mass is 15.2. The Morgan fingerprint density at radius 1 is 1.11 bits per heavy atom. The van der Waals surface area contributed by atoms with Crippen molar-refractivity contribution in [1.82, 2.24) is 9.80 Å². The van der Waals surface area contributed by atoms with E-state index in [4.69, 9.17) is 5.73 Å².